The van der Waals surface area contributed by atoms with Crippen LogP contribution >= 0.6 is 0 Å². The number of aromatic nitrogens is 2. The second-order valence-corrected chi connectivity index (χ2v) is 17.2. The molecule has 0 atom stereocenters. The van der Waals surface area contributed by atoms with E-state index in [1.54, 1.807) is 0 Å². The van der Waals surface area contributed by atoms with Gasteiger partial charge in [-0.25, -0.2) is 0 Å². The Morgan fingerprint density at radius 3 is 1.59 bits per heavy atom. The Morgan fingerprint density at radius 2 is 0.781 bits per heavy atom. The van der Waals surface area contributed by atoms with E-state index in [2.05, 4.69) is 240 Å². The van der Waals surface area contributed by atoms with E-state index in [0.717, 1.165) is 5.69 Å². The molecule has 296 valence electrons. The Balaban J connectivity index is 0.848. The normalized spacial score (nSPS) is 12.1. The summed E-state index contributed by atoms with van der Waals surface area (Å²) < 4.78 is 4.85. The highest BCUT2D eigenvalue weighted by molar-refractivity contribution is 6.20. The van der Waals surface area contributed by atoms with E-state index >= 15 is 0 Å². The Labute approximate surface area is 370 Å². The maximum Gasteiger partial charge on any atom is 0.0619 e. The second-order valence-electron chi connectivity index (χ2n) is 17.2. The zero-order valence-electron chi connectivity index (χ0n) is 34.8. The Kier molecular flexibility index (Phi) is 7.43. The smallest absolute Gasteiger partial charge is 0.0619 e. The van der Waals surface area contributed by atoms with E-state index in [4.69, 9.17) is 0 Å². The largest absolute Gasteiger partial charge is 0.309 e. The van der Waals surface area contributed by atoms with Crippen LogP contribution in [0.2, 0.25) is 0 Å². The summed E-state index contributed by atoms with van der Waals surface area (Å²) in [5.41, 5.74) is 19.8. The lowest BCUT2D eigenvalue weighted by molar-refractivity contribution is 1.18. The maximum atomic E-state index is 2.43. The minimum absolute atomic E-state index is 1.15. The van der Waals surface area contributed by atoms with Crippen LogP contribution in [0.3, 0.4) is 0 Å². The van der Waals surface area contributed by atoms with Gasteiger partial charge in [0.2, 0.25) is 0 Å². The standard InChI is InChI=1S/C62H38N2/c1-2-15-45(16-3-1)64-60-35-28-43(38-57(60)55-31-26-40-12-4-5-17-48(40)62(55)64)42-27-34-59-56(37-42)51-20-8-9-23-58(51)63(59)46-29-24-39(25-30-46)41-13-10-14-44(36-41)47-32-33-54-50-19-7-6-18-49(50)53-22-11-21-52(47)61(53)54/h1-38H. The van der Waals surface area contributed by atoms with Crippen LogP contribution in [0.4, 0.5) is 0 Å². The van der Waals surface area contributed by atoms with E-state index in [1.807, 2.05) is 0 Å². The molecule has 14 rings (SSSR count). The van der Waals surface area contributed by atoms with Gasteiger partial charge in [-0.2, -0.15) is 0 Å². The lowest BCUT2D eigenvalue weighted by Gasteiger charge is -2.12. The van der Waals surface area contributed by atoms with E-state index in [0.29, 0.717) is 0 Å². The van der Waals surface area contributed by atoms with Gasteiger partial charge in [-0.05, 0) is 132 Å². The van der Waals surface area contributed by atoms with Gasteiger partial charge in [0, 0.05) is 38.3 Å². The molecule has 0 saturated heterocycles. The molecule has 2 nitrogen and oxygen atoms in total. The van der Waals surface area contributed by atoms with Crippen LogP contribution in [0.1, 0.15) is 0 Å². The number of para-hydroxylation sites is 2. The summed E-state index contributed by atoms with van der Waals surface area (Å²) in [7, 11) is 0. The third-order valence-corrected chi connectivity index (χ3v) is 13.9. The monoisotopic (exact) mass is 810 g/mol. The lowest BCUT2D eigenvalue weighted by Crippen LogP contribution is -1.94. The zero-order valence-corrected chi connectivity index (χ0v) is 34.8. The third kappa shape index (κ3) is 5.08. The van der Waals surface area contributed by atoms with Gasteiger partial charge >= 0.3 is 0 Å². The van der Waals surface area contributed by atoms with Crippen LogP contribution < -0.4 is 0 Å². The van der Waals surface area contributed by atoms with Crippen LogP contribution in [0.5, 0.6) is 0 Å². The average molecular weight is 811 g/mol. The summed E-state index contributed by atoms with van der Waals surface area (Å²) >= 11 is 0. The fourth-order valence-electron chi connectivity index (χ4n) is 11.0. The highest BCUT2D eigenvalue weighted by atomic mass is 15.0. The fraction of sp³-hybridized carbons (Fsp3) is 0. The van der Waals surface area contributed by atoms with Crippen molar-refractivity contribution in [3.8, 4) is 67.0 Å². The topological polar surface area (TPSA) is 9.86 Å². The van der Waals surface area contributed by atoms with Gasteiger partial charge in [0.25, 0.3) is 0 Å². The molecular formula is C62H38N2. The van der Waals surface area contributed by atoms with Crippen molar-refractivity contribution in [1.29, 1.82) is 0 Å². The summed E-state index contributed by atoms with van der Waals surface area (Å²) in [6.45, 7) is 0. The molecule has 0 N–H and O–H groups in total. The number of benzene rings is 11. The van der Waals surface area contributed by atoms with Gasteiger partial charge in [-0.15, -0.1) is 0 Å². The highest BCUT2D eigenvalue weighted by Gasteiger charge is 2.23. The molecule has 0 spiro atoms. The first-order valence-corrected chi connectivity index (χ1v) is 22.2. The SMILES string of the molecule is c1ccc(-n2c3ccc(-c4ccc5c(c4)c4ccccc4n5-c4ccc(-c5cccc(-c6ccc7c8c(cccc68)-c6ccccc6-7)c5)cc4)cc3c3ccc4ccccc4c32)cc1. The quantitative estimate of drug-likeness (QED) is 0.164. The summed E-state index contributed by atoms with van der Waals surface area (Å²) in [5.74, 6) is 0. The van der Waals surface area contributed by atoms with Gasteiger partial charge in [-0.3, -0.25) is 0 Å². The molecule has 0 bridgehead atoms. The molecule has 64 heavy (non-hydrogen) atoms. The molecule has 1 aliphatic carbocycles. The molecule has 0 fully saturated rings. The summed E-state index contributed by atoms with van der Waals surface area (Å²) in [5, 5.41) is 10.2. The highest BCUT2D eigenvalue weighted by Crippen LogP contribution is 2.49. The van der Waals surface area contributed by atoms with Gasteiger partial charge < -0.3 is 9.13 Å². The summed E-state index contributed by atoms with van der Waals surface area (Å²) in [4.78, 5) is 0. The van der Waals surface area contributed by atoms with Crippen LogP contribution in [0.25, 0.3) is 132 Å². The molecule has 11 aromatic carbocycles. The molecule has 0 unspecified atom stereocenters. The van der Waals surface area contributed by atoms with Crippen molar-refractivity contribution in [2.75, 3.05) is 0 Å². The molecule has 2 heteroatoms. The van der Waals surface area contributed by atoms with Crippen LogP contribution in [-0.2, 0) is 0 Å². The van der Waals surface area contributed by atoms with Gasteiger partial charge in [-0.1, -0.05) is 170 Å². The van der Waals surface area contributed by atoms with Crippen LogP contribution in [0, 0.1) is 0 Å². The zero-order chi connectivity index (χ0) is 41.9. The summed E-state index contributed by atoms with van der Waals surface area (Å²) in [6.07, 6.45) is 0. The minimum Gasteiger partial charge on any atom is -0.309 e. The molecule has 2 aromatic heterocycles. The van der Waals surface area contributed by atoms with Crippen molar-refractivity contribution in [1.82, 2.24) is 9.13 Å². The van der Waals surface area contributed by atoms with E-state index in [9.17, 15) is 0 Å². The van der Waals surface area contributed by atoms with Crippen molar-refractivity contribution < 1.29 is 0 Å². The molecule has 2 heterocycles. The number of hydrogen-bond donors (Lipinski definition) is 0. The predicted molar refractivity (Wildman–Crippen MR) is 271 cm³/mol. The molecule has 0 amide bonds. The number of rotatable bonds is 5. The lowest BCUT2D eigenvalue weighted by atomic mass is 9.92. The molecule has 13 aromatic rings. The van der Waals surface area contributed by atoms with E-state index < -0.39 is 0 Å². The summed E-state index contributed by atoms with van der Waals surface area (Å²) in [6, 6.07) is 85.2. The maximum absolute atomic E-state index is 2.43. The Hall–Kier alpha value is -8.46. The first kappa shape index (κ1) is 35.2. The molecule has 0 saturated carbocycles. The second kappa shape index (κ2) is 13.5. The van der Waals surface area contributed by atoms with Crippen molar-refractivity contribution in [2.24, 2.45) is 0 Å². The van der Waals surface area contributed by atoms with Crippen molar-refractivity contribution in [3.05, 3.63) is 231 Å². The first-order valence-electron chi connectivity index (χ1n) is 22.2. The molecule has 0 radical (unpaired) electrons. The number of hydrogen-bond acceptors (Lipinski definition) is 0. The molecular weight excluding hydrogens is 773 g/mol. The minimum atomic E-state index is 1.15. The fourth-order valence-corrected chi connectivity index (χ4v) is 11.0. The predicted octanol–water partition coefficient (Wildman–Crippen LogP) is 16.8. The number of nitrogens with zero attached hydrogens (tertiary/aromatic N) is 2. The van der Waals surface area contributed by atoms with Gasteiger partial charge in [0.15, 0.2) is 0 Å². The van der Waals surface area contributed by atoms with E-state index in [1.165, 1.54) is 126 Å². The Morgan fingerprint density at radius 1 is 0.234 bits per heavy atom. The van der Waals surface area contributed by atoms with Gasteiger partial charge in [0.05, 0.1) is 22.1 Å². The Bertz CT molecular complexity index is 4020. The van der Waals surface area contributed by atoms with E-state index in [-0.39, 0.29) is 0 Å². The molecule has 1 aliphatic rings. The van der Waals surface area contributed by atoms with Gasteiger partial charge in [0.1, 0.15) is 0 Å². The van der Waals surface area contributed by atoms with Crippen molar-refractivity contribution >= 4 is 65.2 Å². The number of fused-ring (bicyclic) bond motifs is 11. The molecule has 0 aliphatic heterocycles. The average Bonchev–Trinajstić information content (AvgIpc) is 4.01. The third-order valence-electron chi connectivity index (χ3n) is 13.9. The van der Waals surface area contributed by atoms with Crippen LogP contribution in [-0.4, -0.2) is 9.13 Å². The van der Waals surface area contributed by atoms with Crippen molar-refractivity contribution in [3.63, 3.8) is 0 Å². The van der Waals surface area contributed by atoms with Crippen LogP contribution in [0.15, 0.2) is 231 Å². The van der Waals surface area contributed by atoms with Crippen molar-refractivity contribution in [2.45, 2.75) is 0 Å². The first-order chi connectivity index (χ1) is 31.7.